The summed E-state index contributed by atoms with van der Waals surface area (Å²) in [5.41, 5.74) is 16.6. The van der Waals surface area contributed by atoms with Gasteiger partial charge in [0.2, 0.25) is 0 Å². The topological polar surface area (TPSA) is 8.17 Å². The second kappa shape index (κ2) is 15.8. The Morgan fingerprint density at radius 3 is 1.16 bits per heavy atom. The summed E-state index contributed by atoms with van der Waals surface area (Å²) in [6.45, 7) is 0. The number of aromatic nitrogens is 1. The maximum absolute atomic E-state index is 2.40. The molecule has 2 heteroatoms. The van der Waals surface area contributed by atoms with Gasteiger partial charge in [-0.05, 0) is 133 Å². The van der Waals surface area contributed by atoms with Gasteiger partial charge in [0.1, 0.15) is 0 Å². The van der Waals surface area contributed by atoms with Crippen molar-refractivity contribution in [1.82, 2.24) is 4.57 Å². The predicted molar refractivity (Wildman–Crippen MR) is 272 cm³/mol. The van der Waals surface area contributed by atoms with Gasteiger partial charge in [0, 0.05) is 33.5 Å². The van der Waals surface area contributed by atoms with Crippen molar-refractivity contribution in [3.8, 4) is 50.2 Å². The Kier molecular flexibility index (Phi) is 9.20. The van der Waals surface area contributed by atoms with Crippen LogP contribution >= 0.6 is 0 Å². The molecule has 0 aliphatic heterocycles. The smallest absolute Gasteiger partial charge is 0.0542 e. The monoisotopic (exact) mass is 814 g/mol. The Balaban J connectivity index is 1.00. The molecule has 0 bridgehead atoms. The summed E-state index contributed by atoms with van der Waals surface area (Å²) in [4.78, 5) is 2.38. The minimum absolute atomic E-state index is 1.09. The van der Waals surface area contributed by atoms with E-state index in [2.05, 4.69) is 264 Å². The van der Waals surface area contributed by atoms with Gasteiger partial charge in [-0.15, -0.1) is 0 Å². The van der Waals surface area contributed by atoms with E-state index in [1.54, 1.807) is 0 Å². The minimum atomic E-state index is 1.09. The molecule has 2 nitrogen and oxygen atoms in total. The first kappa shape index (κ1) is 37.3. The highest BCUT2D eigenvalue weighted by Crippen LogP contribution is 2.45. The van der Waals surface area contributed by atoms with Crippen LogP contribution in [-0.4, -0.2) is 4.57 Å². The third-order valence-corrected chi connectivity index (χ3v) is 12.8. The molecule has 12 aromatic rings. The summed E-state index contributed by atoms with van der Waals surface area (Å²) in [6.07, 6.45) is 0. The van der Waals surface area contributed by atoms with Crippen LogP contribution in [0.2, 0.25) is 0 Å². The molecule has 0 aliphatic carbocycles. The zero-order chi connectivity index (χ0) is 42.4. The van der Waals surface area contributed by atoms with Gasteiger partial charge in [0.15, 0.2) is 0 Å². The molecule has 0 saturated carbocycles. The molecule has 11 aromatic carbocycles. The largest absolute Gasteiger partial charge is 0.310 e. The molecule has 0 N–H and O–H groups in total. The molecule has 0 amide bonds. The van der Waals surface area contributed by atoms with Crippen molar-refractivity contribution in [2.24, 2.45) is 0 Å². The number of fused-ring (bicyclic) bond motifs is 5. The molecule has 0 unspecified atom stereocenters. The van der Waals surface area contributed by atoms with Crippen LogP contribution in [0.1, 0.15) is 0 Å². The minimum Gasteiger partial charge on any atom is -0.310 e. The molecule has 1 heterocycles. The SMILES string of the molecule is c1ccc(-c2ccc(-c3ccc4c(c3)c3cc(N(c5ccccc5)c5ccc(-c6c7ccccc7c(-c7ccccc7)c7ccccc67)cc5)ccc3n4-c3ccccc3)cc2)cc1. The number of anilines is 3. The summed E-state index contributed by atoms with van der Waals surface area (Å²) >= 11 is 0. The number of hydrogen-bond acceptors (Lipinski definition) is 1. The lowest BCUT2D eigenvalue weighted by Gasteiger charge is -2.26. The van der Waals surface area contributed by atoms with Crippen LogP contribution in [0.3, 0.4) is 0 Å². The molecule has 0 atom stereocenters. The molecule has 0 radical (unpaired) electrons. The molecule has 12 rings (SSSR count). The molecular weight excluding hydrogens is 773 g/mol. The number of para-hydroxylation sites is 2. The van der Waals surface area contributed by atoms with Crippen LogP contribution in [0, 0.1) is 0 Å². The molecule has 0 fully saturated rings. The van der Waals surface area contributed by atoms with Gasteiger partial charge in [-0.1, -0.05) is 188 Å². The highest BCUT2D eigenvalue weighted by molar-refractivity contribution is 6.21. The fourth-order valence-corrected chi connectivity index (χ4v) is 9.83. The van der Waals surface area contributed by atoms with Crippen LogP contribution in [-0.2, 0) is 0 Å². The van der Waals surface area contributed by atoms with E-state index in [-0.39, 0.29) is 0 Å². The fourth-order valence-electron chi connectivity index (χ4n) is 9.83. The van der Waals surface area contributed by atoms with Crippen LogP contribution in [0.25, 0.3) is 93.5 Å². The lowest BCUT2D eigenvalue weighted by molar-refractivity contribution is 1.18. The highest BCUT2D eigenvalue weighted by Gasteiger charge is 2.20. The first-order chi connectivity index (χ1) is 31.8. The average molecular weight is 815 g/mol. The second-order valence-electron chi connectivity index (χ2n) is 16.5. The summed E-state index contributed by atoms with van der Waals surface area (Å²) in [7, 11) is 0. The van der Waals surface area contributed by atoms with Crippen molar-refractivity contribution in [3.05, 3.63) is 255 Å². The van der Waals surface area contributed by atoms with Crippen molar-refractivity contribution in [2.45, 2.75) is 0 Å². The number of nitrogens with zero attached hydrogens (tertiary/aromatic N) is 2. The van der Waals surface area contributed by atoms with E-state index >= 15 is 0 Å². The summed E-state index contributed by atoms with van der Waals surface area (Å²) < 4.78 is 2.40. The predicted octanol–water partition coefficient (Wildman–Crippen LogP) is 17.2. The van der Waals surface area contributed by atoms with Crippen molar-refractivity contribution < 1.29 is 0 Å². The maximum atomic E-state index is 2.40. The zero-order valence-electron chi connectivity index (χ0n) is 35.1. The van der Waals surface area contributed by atoms with Gasteiger partial charge >= 0.3 is 0 Å². The van der Waals surface area contributed by atoms with Crippen molar-refractivity contribution in [3.63, 3.8) is 0 Å². The van der Waals surface area contributed by atoms with E-state index in [4.69, 9.17) is 0 Å². The van der Waals surface area contributed by atoms with E-state index in [0.29, 0.717) is 0 Å². The van der Waals surface area contributed by atoms with Crippen LogP contribution in [0.5, 0.6) is 0 Å². The van der Waals surface area contributed by atoms with E-state index in [9.17, 15) is 0 Å². The maximum Gasteiger partial charge on any atom is 0.0542 e. The standard InChI is InChI=1S/C62H42N2/c1-5-17-43(18-6-1)44-29-31-45(32-30-44)48-35-39-59-57(41-48)58-42-52(38-40-60(58)64(59)50-23-11-4-12-24-50)63(49-21-9-3-10-22-49)51-36-33-47(34-37-51)62-55-27-15-13-25-53(55)61(46-19-7-2-8-20-46)54-26-14-16-28-56(54)62/h1-42H. The highest BCUT2D eigenvalue weighted by atomic mass is 15.1. The van der Waals surface area contributed by atoms with Crippen molar-refractivity contribution in [1.29, 1.82) is 0 Å². The van der Waals surface area contributed by atoms with Crippen molar-refractivity contribution in [2.75, 3.05) is 4.90 Å². The van der Waals surface area contributed by atoms with Crippen LogP contribution in [0.15, 0.2) is 255 Å². The lowest BCUT2D eigenvalue weighted by Crippen LogP contribution is -2.09. The van der Waals surface area contributed by atoms with E-state index < -0.39 is 0 Å². The Morgan fingerprint density at radius 2 is 0.594 bits per heavy atom. The summed E-state index contributed by atoms with van der Waals surface area (Å²) in [5, 5.41) is 7.43. The van der Waals surface area contributed by atoms with Crippen molar-refractivity contribution >= 4 is 60.4 Å². The normalized spacial score (nSPS) is 11.4. The quantitative estimate of drug-likeness (QED) is 0.139. The van der Waals surface area contributed by atoms with E-state index in [0.717, 1.165) is 22.7 Å². The first-order valence-corrected chi connectivity index (χ1v) is 22.0. The van der Waals surface area contributed by atoms with Gasteiger partial charge in [0.25, 0.3) is 0 Å². The van der Waals surface area contributed by atoms with Gasteiger partial charge in [-0.2, -0.15) is 0 Å². The number of hydrogen-bond donors (Lipinski definition) is 0. The van der Waals surface area contributed by atoms with Crippen LogP contribution in [0.4, 0.5) is 17.1 Å². The molecule has 64 heavy (non-hydrogen) atoms. The van der Waals surface area contributed by atoms with E-state index in [1.165, 1.54) is 87.9 Å². The first-order valence-electron chi connectivity index (χ1n) is 22.0. The lowest BCUT2D eigenvalue weighted by atomic mass is 9.86. The fraction of sp³-hybridized carbons (Fsp3) is 0. The summed E-state index contributed by atoms with van der Waals surface area (Å²) in [6, 6.07) is 92.6. The molecule has 300 valence electrons. The Labute approximate surface area is 373 Å². The molecule has 0 aliphatic rings. The third kappa shape index (κ3) is 6.44. The molecule has 0 spiro atoms. The molecule has 0 saturated heterocycles. The Bertz CT molecular complexity index is 3560. The van der Waals surface area contributed by atoms with E-state index in [1.807, 2.05) is 0 Å². The van der Waals surface area contributed by atoms with Gasteiger partial charge in [-0.25, -0.2) is 0 Å². The Hall–Kier alpha value is -8.46. The van der Waals surface area contributed by atoms with Gasteiger partial charge in [0.05, 0.1) is 11.0 Å². The third-order valence-electron chi connectivity index (χ3n) is 12.8. The van der Waals surface area contributed by atoms with Gasteiger partial charge < -0.3 is 9.47 Å². The Morgan fingerprint density at radius 1 is 0.234 bits per heavy atom. The average Bonchev–Trinajstić information content (AvgIpc) is 3.70. The van der Waals surface area contributed by atoms with Gasteiger partial charge in [-0.3, -0.25) is 0 Å². The molecular formula is C62H42N2. The molecule has 1 aromatic heterocycles. The number of benzene rings is 11. The summed E-state index contributed by atoms with van der Waals surface area (Å²) in [5.74, 6) is 0. The number of rotatable bonds is 8. The second-order valence-corrected chi connectivity index (χ2v) is 16.5. The zero-order valence-corrected chi connectivity index (χ0v) is 35.1. The van der Waals surface area contributed by atoms with Crippen LogP contribution < -0.4 is 4.90 Å².